The summed E-state index contributed by atoms with van der Waals surface area (Å²) >= 11 is 0. The third-order valence-corrected chi connectivity index (χ3v) is 4.02. The summed E-state index contributed by atoms with van der Waals surface area (Å²) in [5.41, 5.74) is 1.12. The normalized spacial score (nSPS) is 10.2. The smallest absolute Gasteiger partial charge is 0.311 e. The summed E-state index contributed by atoms with van der Waals surface area (Å²) < 4.78 is 9.97. The monoisotopic (exact) mass is 395 g/mol. The van der Waals surface area contributed by atoms with Crippen molar-refractivity contribution in [2.45, 2.75) is 6.54 Å². The summed E-state index contributed by atoms with van der Waals surface area (Å²) in [6, 6.07) is 14.1. The molecule has 3 aromatic rings. The van der Waals surface area contributed by atoms with Crippen LogP contribution < -0.4 is 15.4 Å². The zero-order valence-corrected chi connectivity index (χ0v) is 15.4. The first kappa shape index (κ1) is 19.6. The van der Waals surface area contributed by atoms with E-state index in [0.717, 1.165) is 11.6 Å². The quantitative estimate of drug-likeness (QED) is 0.467. The molecule has 0 radical (unpaired) electrons. The summed E-state index contributed by atoms with van der Waals surface area (Å²) in [6.07, 6.45) is 1.41. The van der Waals surface area contributed by atoms with Gasteiger partial charge in [-0.05, 0) is 42.0 Å². The second-order valence-electron chi connectivity index (χ2n) is 5.96. The Bertz CT molecular complexity index is 1050. The first-order valence-electron chi connectivity index (χ1n) is 8.52. The summed E-state index contributed by atoms with van der Waals surface area (Å²) in [4.78, 5) is 34.9. The van der Waals surface area contributed by atoms with Gasteiger partial charge >= 0.3 is 5.69 Å². The molecule has 2 N–H and O–H groups in total. The van der Waals surface area contributed by atoms with Gasteiger partial charge in [0.25, 0.3) is 11.8 Å². The Morgan fingerprint density at radius 1 is 1.10 bits per heavy atom. The molecule has 1 aromatic heterocycles. The number of ether oxygens (including phenoxy) is 1. The van der Waals surface area contributed by atoms with E-state index in [-0.39, 0.29) is 35.2 Å². The SMILES string of the molecule is COc1ccc(C(=O)NCc2cccc(NC(=O)c3ccco3)c2)cc1[N+](=O)[O-]. The summed E-state index contributed by atoms with van der Waals surface area (Å²) in [5.74, 6) is -0.598. The minimum atomic E-state index is -0.610. The Balaban J connectivity index is 1.65. The number of amides is 2. The largest absolute Gasteiger partial charge is 0.490 e. The fourth-order valence-corrected chi connectivity index (χ4v) is 2.62. The van der Waals surface area contributed by atoms with Crippen molar-refractivity contribution in [1.29, 1.82) is 0 Å². The number of anilines is 1. The molecule has 0 atom stereocenters. The minimum absolute atomic E-state index is 0.0755. The standard InChI is InChI=1S/C20H17N3O6/c1-28-17-8-7-14(11-16(17)23(26)27)19(24)21-12-13-4-2-5-15(10-13)22-20(25)18-6-3-9-29-18/h2-11H,12H2,1H3,(H,21,24)(H,22,25). The average molecular weight is 395 g/mol. The molecule has 0 fully saturated rings. The number of carbonyl (C=O) groups excluding carboxylic acids is 2. The number of nitro groups is 1. The zero-order valence-electron chi connectivity index (χ0n) is 15.4. The highest BCUT2D eigenvalue weighted by Gasteiger charge is 2.18. The number of nitrogens with zero attached hydrogens (tertiary/aromatic N) is 1. The molecule has 0 aliphatic rings. The summed E-state index contributed by atoms with van der Waals surface area (Å²) in [7, 11) is 1.32. The van der Waals surface area contributed by atoms with Gasteiger partial charge in [0.15, 0.2) is 11.5 Å². The molecule has 0 saturated heterocycles. The molecule has 2 amide bonds. The van der Waals surface area contributed by atoms with E-state index in [2.05, 4.69) is 10.6 Å². The minimum Gasteiger partial charge on any atom is -0.490 e. The van der Waals surface area contributed by atoms with Gasteiger partial charge in [-0.1, -0.05) is 12.1 Å². The zero-order chi connectivity index (χ0) is 20.8. The van der Waals surface area contributed by atoms with E-state index in [0.29, 0.717) is 5.69 Å². The van der Waals surface area contributed by atoms with E-state index in [1.165, 1.54) is 25.5 Å². The van der Waals surface area contributed by atoms with E-state index < -0.39 is 10.8 Å². The van der Waals surface area contributed by atoms with Crippen molar-refractivity contribution >= 4 is 23.2 Å². The maximum atomic E-state index is 12.4. The molecule has 0 unspecified atom stereocenters. The van der Waals surface area contributed by atoms with Crippen LogP contribution in [0.2, 0.25) is 0 Å². The van der Waals surface area contributed by atoms with E-state index in [4.69, 9.17) is 9.15 Å². The number of carbonyl (C=O) groups is 2. The lowest BCUT2D eigenvalue weighted by Gasteiger charge is -2.09. The van der Waals surface area contributed by atoms with Crippen LogP contribution in [0.1, 0.15) is 26.5 Å². The molecule has 2 aromatic carbocycles. The lowest BCUT2D eigenvalue weighted by atomic mass is 10.1. The number of hydrogen-bond acceptors (Lipinski definition) is 6. The van der Waals surface area contributed by atoms with Crippen LogP contribution in [-0.4, -0.2) is 23.8 Å². The summed E-state index contributed by atoms with van der Waals surface area (Å²) in [6.45, 7) is 0.170. The van der Waals surface area contributed by atoms with Crippen molar-refractivity contribution in [2.75, 3.05) is 12.4 Å². The predicted octanol–water partition coefficient (Wildman–Crippen LogP) is 3.38. The van der Waals surface area contributed by atoms with Gasteiger partial charge < -0.3 is 19.8 Å². The Morgan fingerprint density at radius 2 is 1.93 bits per heavy atom. The van der Waals surface area contributed by atoms with E-state index in [1.807, 2.05) is 0 Å². The van der Waals surface area contributed by atoms with Crippen molar-refractivity contribution in [2.24, 2.45) is 0 Å². The van der Waals surface area contributed by atoms with Crippen LogP contribution >= 0.6 is 0 Å². The third kappa shape index (κ3) is 4.78. The number of hydrogen-bond donors (Lipinski definition) is 2. The fourth-order valence-electron chi connectivity index (χ4n) is 2.62. The van der Waals surface area contributed by atoms with Gasteiger partial charge in [-0.25, -0.2) is 0 Å². The number of methoxy groups -OCH3 is 1. The number of furan rings is 1. The first-order chi connectivity index (χ1) is 14.0. The second-order valence-corrected chi connectivity index (χ2v) is 5.96. The second kappa shape index (κ2) is 8.70. The van der Waals surface area contributed by atoms with Gasteiger partial charge in [0.1, 0.15) is 0 Å². The van der Waals surface area contributed by atoms with Gasteiger partial charge in [-0.3, -0.25) is 19.7 Å². The third-order valence-electron chi connectivity index (χ3n) is 4.02. The van der Waals surface area contributed by atoms with Gasteiger partial charge in [-0.15, -0.1) is 0 Å². The van der Waals surface area contributed by atoms with Crippen molar-refractivity contribution in [3.05, 3.63) is 87.9 Å². The predicted molar refractivity (Wildman–Crippen MR) is 104 cm³/mol. The number of benzene rings is 2. The highest BCUT2D eigenvalue weighted by molar-refractivity contribution is 6.02. The molecule has 0 aliphatic heterocycles. The Labute approximate surface area is 165 Å². The summed E-state index contributed by atoms with van der Waals surface area (Å²) in [5, 5.41) is 16.5. The number of rotatable bonds is 7. The van der Waals surface area contributed by atoms with Crippen LogP contribution in [0.5, 0.6) is 5.75 Å². The van der Waals surface area contributed by atoms with Crippen molar-refractivity contribution in [1.82, 2.24) is 5.32 Å². The molecule has 9 nitrogen and oxygen atoms in total. The lowest BCUT2D eigenvalue weighted by Crippen LogP contribution is -2.23. The van der Waals surface area contributed by atoms with Crippen LogP contribution in [0.3, 0.4) is 0 Å². The van der Waals surface area contributed by atoms with Crippen LogP contribution in [0, 0.1) is 10.1 Å². The molecule has 9 heteroatoms. The van der Waals surface area contributed by atoms with Crippen molar-refractivity contribution in [3.8, 4) is 5.75 Å². The maximum Gasteiger partial charge on any atom is 0.311 e. The van der Waals surface area contributed by atoms with Crippen LogP contribution in [0.4, 0.5) is 11.4 Å². The van der Waals surface area contributed by atoms with E-state index in [1.54, 1.807) is 36.4 Å². The van der Waals surface area contributed by atoms with Crippen LogP contribution in [-0.2, 0) is 6.54 Å². The Kier molecular flexibility index (Phi) is 5.88. The van der Waals surface area contributed by atoms with Gasteiger partial charge in [0.2, 0.25) is 0 Å². The Hall–Kier alpha value is -4.14. The van der Waals surface area contributed by atoms with Crippen molar-refractivity contribution < 1.29 is 23.7 Å². The molecule has 0 spiro atoms. The highest BCUT2D eigenvalue weighted by Crippen LogP contribution is 2.27. The highest BCUT2D eigenvalue weighted by atomic mass is 16.6. The molecular weight excluding hydrogens is 378 g/mol. The lowest BCUT2D eigenvalue weighted by molar-refractivity contribution is -0.385. The van der Waals surface area contributed by atoms with Gasteiger partial charge in [0, 0.05) is 23.9 Å². The molecule has 0 aliphatic carbocycles. The van der Waals surface area contributed by atoms with E-state index >= 15 is 0 Å². The topological polar surface area (TPSA) is 124 Å². The van der Waals surface area contributed by atoms with Crippen LogP contribution in [0.25, 0.3) is 0 Å². The molecule has 3 rings (SSSR count). The fraction of sp³-hybridized carbons (Fsp3) is 0.100. The van der Waals surface area contributed by atoms with Crippen LogP contribution in [0.15, 0.2) is 65.3 Å². The molecule has 0 saturated carbocycles. The van der Waals surface area contributed by atoms with Gasteiger partial charge in [-0.2, -0.15) is 0 Å². The number of nitro benzene ring substituents is 1. The molecule has 148 valence electrons. The van der Waals surface area contributed by atoms with Gasteiger partial charge in [0.05, 0.1) is 18.3 Å². The molecular formula is C20H17N3O6. The Morgan fingerprint density at radius 3 is 2.62 bits per heavy atom. The molecule has 0 bridgehead atoms. The van der Waals surface area contributed by atoms with E-state index in [9.17, 15) is 19.7 Å². The molecule has 29 heavy (non-hydrogen) atoms. The van der Waals surface area contributed by atoms with Crippen molar-refractivity contribution in [3.63, 3.8) is 0 Å². The first-order valence-corrected chi connectivity index (χ1v) is 8.52. The average Bonchev–Trinajstić information content (AvgIpc) is 3.27. The number of nitrogens with one attached hydrogen (secondary N) is 2. The molecule has 1 heterocycles. The maximum absolute atomic E-state index is 12.4.